The fraction of sp³-hybridized carbons (Fsp3) is 0.235. The molecule has 0 spiro atoms. The van der Waals surface area contributed by atoms with E-state index < -0.39 is 16.1 Å². The maximum atomic E-state index is 12.7. The zero-order valence-corrected chi connectivity index (χ0v) is 15.8. The molecular weight excluding hydrogens is 392 g/mol. The second-order valence-electron chi connectivity index (χ2n) is 5.29. The van der Waals surface area contributed by atoms with Crippen LogP contribution in [0, 0.1) is 0 Å². The Bertz CT molecular complexity index is 810. The van der Waals surface area contributed by atoms with E-state index in [9.17, 15) is 13.2 Å². The summed E-state index contributed by atoms with van der Waals surface area (Å²) in [4.78, 5) is 12.7. The topological polar surface area (TPSA) is 66.5 Å². The Morgan fingerprint density at radius 2 is 1.71 bits per heavy atom. The maximum absolute atomic E-state index is 12.7. The number of halogens is 1. The van der Waals surface area contributed by atoms with Crippen LogP contribution in [0.4, 0.5) is 11.4 Å². The van der Waals surface area contributed by atoms with Gasteiger partial charge in [0, 0.05) is 4.47 Å². The number of rotatable bonds is 6. The van der Waals surface area contributed by atoms with E-state index in [1.165, 1.54) is 4.31 Å². The molecule has 0 fully saturated rings. The number of para-hydroxylation sites is 2. The normalized spacial score (nSPS) is 12.5. The van der Waals surface area contributed by atoms with Gasteiger partial charge in [0.05, 0.1) is 17.6 Å². The van der Waals surface area contributed by atoms with Crippen molar-refractivity contribution < 1.29 is 13.2 Å². The van der Waals surface area contributed by atoms with Gasteiger partial charge in [-0.25, -0.2) is 8.42 Å². The molecule has 5 nitrogen and oxygen atoms in total. The lowest BCUT2D eigenvalue weighted by Crippen LogP contribution is -2.47. The highest BCUT2D eigenvalue weighted by Crippen LogP contribution is 2.25. The first kappa shape index (κ1) is 18.5. The summed E-state index contributed by atoms with van der Waals surface area (Å²) in [7, 11) is -3.62. The molecule has 0 bridgehead atoms. The van der Waals surface area contributed by atoms with Crippen molar-refractivity contribution in [2.45, 2.75) is 19.4 Å². The molecule has 0 aromatic heterocycles. The Hall–Kier alpha value is -1.86. The zero-order valence-electron chi connectivity index (χ0n) is 13.4. The number of carbonyl (C=O) groups excluding carboxylic acids is 1. The highest BCUT2D eigenvalue weighted by molar-refractivity contribution is 9.10. The fourth-order valence-corrected chi connectivity index (χ4v) is 4.01. The predicted molar refractivity (Wildman–Crippen MR) is 101 cm³/mol. The van der Waals surface area contributed by atoms with Gasteiger partial charge in [0.1, 0.15) is 6.04 Å². The number of amides is 1. The molecule has 1 N–H and O–H groups in total. The summed E-state index contributed by atoms with van der Waals surface area (Å²) >= 11 is 3.37. The van der Waals surface area contributed by atoms with E-state index in [4.69, 9.17) is 0 Å². The first-order chi connectivity index (χ1) is 11.3. The third kappa shape index (κ3) is 4.36. The molecule has 1 unspecified atom stereocenters. The number of hydrogen-bond donors (Lipinski definition) is 1. The molecule has 0 heterocycles. The Kier molecular flexibility index (Phi) is 6.01. The van der Waals surface area contributed by atoms with Crippen LogP contribution >= 0.6 is 15.9 Å². The van der Waals surface area contributed by atoms with Crippen molar-refractivity contribution in [1.29, 1.82) is 0 Å². The summed E-state index contributed by atoms with van der Waals surface area (Å²) in [6, 6.07) is 15.0. The van der Waals surface area contributed by atoms with Gasteiger partial charge in [0.15, 0.2) is 0 Å². The highest BCUT2D eigenvalue weighted by Gasteiger charge is 2.31. The molecule has 2 aromatic rings. The minimum absolute atomic E-state index is 0.345. The maximum Gasteiger partial charge on any atom is 0.248 e. The molecule has 7 heteroatoms. The molecule has 2 rings (SSSR count). The molecule has 0 aliphatic carbocycles. The first-order valence-electron chi connectivity index (χ1n) is 7.44. The molecule has 0 aliphatic rings. The lowest BCUT2D eigenvalue weighted by molar-refractivity contribution is -0.117. The second-order valence-corrected chi connectivity index (χ2v) is 8.00. The number of carbonyl (C=O) groups is 1. The summed E-state index contributed by atoms with van der Waals surface area (Å²) < 4.78 is 26.5. The van der Waals surface area contributed by atoms with E-state index in [-0.39, 0.29) is 5.91 Å². The van der Waals surface area contributed by atoms with E-state index in [1.54, 1.807) is 49.4 Å². The molecule has 2 aromatic carbocycles. The lowest BCUT2D eigenvalue weighted by atomic mass is 10.2. The van der Waals surface area contributed by atoms with E-state index >= 15 is 0 Å². The minimum Gasteiger partial charge on any atom is -0.323 e. The molecule has 0 radical (unpaired) electrons. The SMILES string of the molecule is CCC(C(=O)Nc1ccccc1Br)N(c1ccccc1)S(C)(=O)=O. The van der Waals surface area contributed by atoms with Crippen molar-refractivity contribution in [3.8, 4) is 0 Å². The first-order valence-corrected chi connectivity index (χ1v) is 10.1. The average Bonchev–Trinajstić information content (AvgIpc) is 2.54. The molecule has 24 heavy (non-hydrogen) atoms. The standard InChI is InChI=1S/C17H19BrN2O3S/c1-3-16(17(21)19-15-12-8-7-11-14(15)18)20(24(2,22)23)13-9-5-4-6-10-13/h4-12,16H,3H2,1-2H3,(H,19,21). The van der Waals surface area contributed by atoms with Gasteiger partial charge in [-0.3, -0.25) is 9.10 Å². The number of nitrogens with zero attached hydrogens (tertiary/aromatic N) is 1. The van der Waals surface area contributed by atoms with Crippen LogP contribution in [-0.2, 0) is 14.8 Å². The molecule has 1 atom stereocenters. The Labute approximate surface area is 150 Å². The van der Waals surface area contributed by atoms with Crippen molar-refractivity contribution >= 4 is 43.2 Å². The molecule has 128 valence electrons. The lowest BCUT2D eigenvalue weighted by Gasteiger charge is -2.30. The predicted octanol–water partition coefficient (Wildman–Crippen LogP) is 3.63. The van der Waals surface area contributed by atoms with Crippen molar-refractivity contribution in [3.63, 3.8) is 0 Å². The van der Waals surface area contributed by atoms with Crippen LogP contribution in [0.3, 0.4) is 0 Å². The van der Waals surface area contributed by atoms with Gasteiger partial charge in [0.2, 0.25) is 15.9 Å². The van der Waals surface area contributed by atoms with E-state index in [1.807, 2.05) is 12.1 Å². The number of sulfonamides is 1. The van der Waals surface area contributed by atoms with Gasteiger partial charge in [-0.2, -0.15) is 0 Å². The van der Waals surface area contributed by atoms with Crippen LogP contribution in [0.15, 0.2) is 59.1 Å². The monoisotopic (exact) mass is 410 g/mol. The van der Waals surface area contributed by atoms with Gasteiger partial charge >= 0.3 is 0 Å². The molecule has 1 amide bonds. The van der Waals surface area contributed by atoms with E-state index in [2.05, 4.69) is 21.2 Å². The Balaban J connectivity index is 2.36. The second kappa shape index (κ2) is 7.81. The van der Waals surface area contributed by atoms with Gasteiger partial charge in [0.25, 0.3) is 0 Å². The van der Waals surface area contributed by atoms with E-state index in [0.717, 1.165) is 10.7 Å². The number of benzene rings is 2. The summed E-state index contributed by atoms with van der Waals surface area (Å²) in [5, 5.41) is 2.79. The highest BCUT2D eigenvalue weighted by atomic mass is 79.9. The van der Waals surface area contributed by atoms with Crippen molar-refractivity contribution in [3.05, 3.63) is 59.1 Å². The van der Waals surface area contributed by atoms with Gasteiger partial charge < -0.3 is 5.32 Å². The average molecular weight is 411 g/mol. The summed E-state index contributed by atoms with van der Waals surface area (Å²) in [5.41, 5.74) is 1.07. The van der Waals surface area contributed by atoms with Crippen LogP contribution in [0.2, 0.25) is 0 Å². The number of nitrogens with one attached hydrogen (secondary N) is 1. The van der Waals surface area contributed by atoms with E-state index in [0.29, 0.717) is 17.8 Å². The van der Waals surface area contributed by atoms with Gasteiger partial charge in [-0.05, 0) is 46.6 Å². The number of anilines is 2. The minimum atomic E-state index is -3.62. The summed E-state index contributed by atoms with van der Waals surface area (Å²) in [6.07, 6.45) is 1.45. The van der Waals surface area contributed by atoms with Crippen LogP contribution < -0.4 is 9.62 Å². The smallest absolute Gasteiger partial charge is 0.248 e. The Morgan fingerprint density at radius 1 is 1.12 bits per heavy atom. The molecule has 0 aliphatic heterocycles. The third-order valence-corrected chi connectivity index (χ3v) is 5.34. The van der Waals surface area contributed by atoms with Crippen LogP contribution in [-0.4, -0.2) is 26.6 Å². The van der Waals surface area contributed by atoms with Crippen molar-refractivity contribution in [2.75, 3.05) is 15.9 Å². The summed E-state index contributed by atoms with van der Waals surface area (Å²) in [6.45, 7) is 1.78. The van der Waals surface area contributed by atoms with Crippen LogP contribution in [0.5, 0.6) is 0 Å². The fourth-order valence-electron chi connectivity index (χ4n) is 2.41. The number of hydrogen-bond acceptors (Lipinski definition) is 3. The van der Waals surface area contributed by atoms with Crippen LogP contribution in [0.1, 0.15) is 13.3 Å². The Morgan fingerprint density at radius 3 is 2.25 bits per heavy atom. The molecule has 0 saturated heterocycles. The van der Waals surface area contributed by atoms with Gasteiger partial charge in [-0.15, -0.1) is 0 Å². The van der Waals surface area contributed by atoms with Crippen LogP contribution in [0.25, 0.3) is 0 Å². The zero-order chi connectivity index (χ0) is 17.7. The molecule has 0 saturated carbocycles. The summed E-state index contributed by atoms with van der Waals surface area (Å²) in [5.74, 6) is -0.376. The third-order valence-electron chi connectivity index (χ3n) is 3.47. The largest absolute Gasteiger partial charge is 0.323 e. The van der Waals surface area contributed by atoms with Gasteiger partial charge in [-0.1, -0.05) is 37.3 Å². The molecular formula is C17H19BrN2O3S. The van der Waals surface area contributed by atoms with Crippen molar-refractivity contribution in [2.24, 2.45) is 0 Å². The van der Waals surface area contributed by atoms with Crippen molar-refractivity contribution in [1.82, 2.24) is 0 Å². The quantitative estimate of drug-likeness (QED) is 0.790.